The van der Waals surface area contributed by atoms with Gasteiger partial charge in [-0.1, -0.05) is 18.2 Å². The molecule has 10 heteroatoms. The van der Waals surface area contributed by atoms with E-state index in [1.807, 2.05) is 63.5 Å². The molecule has 1 aliphatic rings. The predicted molar refractivity (Wildman–Crippen MR) is 171 cm³/mol. The summed E-state index contributed by atoms with van der Waals surface area (Å²) in [7, 11) is 3.30. The van der Waals surface area contributed by atoms with E-state index in [-0.39, 0.29) is 0 Å². The number of carbonyl (C=O) groups is 1. The molecule has 0 unspecified atom stereocenters. The van der Waals surface area contributed by atoms with Crippen LogP contribution in [0, 0.1) is 3.70 Å². The van der Waals surface area contributed by atoms with E-state index in [0.717, 1.165) is 49.4 Å². The van der Waals surface area contributed by atoms with E-state index in [0.29, 0.717) is 5.52 Å². The number of aliphatic imine (C=N–C) groups is 1. The number of methoxy groups -OCH3 is 2. The number of halogens is 1. The molecule has 0 spiro atoms. The fraction of sp³-hybridized carbons (Fsp3) is 0.219. The molecule has 2 aromatic carbocycles. The smallest absolute Gasteiger partial charge is 0.435 e. The number of ether oxygens (including phenoxy) is 3. The average Bonchev–Trinajstić information content (AvgIpc) is 3.60. The van der Waals surface area contributed by atoms with Crippen molar-refractivity contribution in [1.82, 2.24) is 19.7 Å². The van der Waals surface area contributed by atoms with E-state index in [2.05, 4.69) is 60.8 Å². The summed E-state index contributed by atoms with van der Waals surface area (Å²) in [5, 5.41) is 5.20. The highest BCUT2D eigenvalue weighted by molar-refractivity contribution is 14.1. The Morgan fingerprint density at radius 2 is 1.50 bits per heavy atom. The predicted octanol–water partition coefficient (Wildman–Crippen LogP) is 7.18. The molecule has 9 nitrogen and oxygen atoms in total. The first-order valence-corrected chi connectivity index (χ1v) is 14.3. The van der Waals surface area contributed by atoms with Crippen molar-refractivity contribution in [2.75, 3.05) is 14.2 Å². The zero-order valence-corrected chi connectivity index (χ0v) is 26.1. The van der Waals surface area contributed by atoms with Crippen LogP contribution < -0.4 is 9.47 Å². The maximum absolute atomic E-state index is 12.4. The van der Waals surface area contributed by atoms with Crippen molar-refractivity contribution in [3.63, 3.8) is 0 Å². The Bertz CT molecular complexity index is 1790. The molecule has 5 aromatic rings. The monoisotopic (exact) mass is 675 g/mol. The number of pyridine rings is 2. The van der Waals surface area contributed by atoms with E-state index in [4.69, 9.17) is 14.2 Å². The lowest BCUT2D eigenvalue weighted by molar-refractivity contribution is 0.0522. The van der Waals surface area contributed by atoms with E-state index >= 15 is 0 Å². The molecule has 0 saturated heterocycles. The molecule has 0 radical (unpaired) electrons. The summed E-state index contributed by atoms with van der Waals surface area (Å²) in [6.07, 6.45) is 8.43. The second-order valence-electron chi connectivity index (χ2n) is 10.5. The summed E-state index contributed by atoms with van der Waals surface area (Å²) in [5.74, 6) is 1.58. The summed E-state index contributed by atoms with van der Waals surface area (Å²) in [5.41, 5.74) is 6.53. The van der Waals surface area contributed by atoms with Crippen LogP contribution >= 0.6 is 22.6 Å². The fourth-order valence-corrected chi connectivity index (χ4v) is 5.16. The number of carbonyl (C=O) groups excluding carboxylic acids is 1. The minimum atomic E-state index is -0.580. The van der Waals surface area contributed by atoms with Crippen molar-refractivity contribution in [1.29, 1.82) is 0 Å². The highest BCUT2D eigenvalue weighted by atomic mass is 127. The zero-order valence-electron chi connectivity index (χ0n) is 24.0. The topological polar surface area (TPSA) is 101 Å². The first kappa shape index (κ1) is 29.2. The van der Waals surface area contributed by atoms with Crippen LogP contribution in [0.1, 0.15) is 31.9 Å². The third kappa shape index (κ3) is 6.28. The summed E-state index contributed by atoms with van der Waals surface area (Å²) in [6.45, 7) is 6.27. The largest absolute Gasteiger partial charge is 0.496 e. The lowest BCUT2D eigenvalue weighted by atomic mass is 10.0. The van der Waals surface area contributed by atoms with Crippen molar-refractivity contribution in [3.8, 4) is 33.8 Å². The van der Waals surface area contributed by atoms with Crippen LogP contribution in [-0.4, -0.2) is 51.9 Å². The van der Waals surface area contributed by atoms with Crippen LogP contribution in [0.25, 0.3) is 33.2 Å². The van der Waals surface area contributed by atoms with Crippen LogP contribution in [-0.2, 0) is 11.3 Å². The number of hydrogen-bond acceptors (Lipinski definition) is 8. The van der Waals surface area contributed by atoms with Gasteiger partial charge in [-0.05, 0) is 95.9 Å². The number of aromatic nitrogens is 4. The van der Waals surface area contributed by atoms with Gasteiger partial charge >= 0.3 is 6.09 Å². The molecule has 42 heavy (non-hydrogen) atoms. The van der Waals surface area contributed by atoms with Gasteiger partial charge in [-0.3, -0.25) is 15.0 Å². The van der Waals surface area contributed by atoms with E-state index in [9.17, 15) is 4.79 Å². The van der Waals surface area contributed by atoms with Gasteiger partial charge in [-0.2, -0.15) is 9.78 Å². The molecule has 6 rings (SSSR count). The fourth-order valence-electron chi connectivity index (χ4n) is 4.52. The average molecular weight is 676 g/mol. The number of rotatable bonds is 4. The lowest BCUT2D eigenvalue weighted by Crippen LogP contribution is -2.27. The van der Waals surface area contributed by atoms with Crippen LogP contribution in [0.2, 0.25) is 0 Å². The lowest BCUT2D eigenvalue weighted by Gasteiger charge is -2.19. The molecular formula is C32H30IN5O4. The molecule has 0 amide bonds. The number of hydrogen-bond donors (Lipinski definition) is 0. The van der Waals surface area contributed by atoms with Gasteiger partial charge in [0, 0.05) is 47.5 Å². The van der Waals surface area contributed by atoms with Gasteiger partial charge in [0.05, 0.1) is 26.3 Å². The first-order chi connectivity index (χ1) is 20.2. The van der Waals surface area contributed by atoms with Crippen molar-refractivity contribution in [2.45, 2.75) is 32.9 Å². The molecule has 0 aliphatic carbocycles. The number of fused-ring (bicyclic) bond motifs is 2. The summed E-state index contributed by atoms with van der Waals surface area (Å²) in [4.78, 5) is 25.0. The SMILES string of the molecule is COc1ccncc1-c1ccc2c(c1)C=NC2.COc1ccncc1-c1ccc2c(c1)c(I)nn2C(=O)OC(C)(C)C. The Hall–Kier alpha value is -4.32. The van der Waals surface area contributed by atoms with E-state index in [1.165, 1.54) is 15.8 Å². The number of nitrogens with zero attached hydrogens (tertiary/aromatic N) is 5. The summed E-state index contributed by atoms with van der Waals surface area (Å²) >= 11 is 2.12. The van der Waals surface area contributed by atoms with Crippen LogP contribution in [0.4, 0.5) is 4.79 Å². The molecule has 0 fully saturated rings. The second kappa shape index (κ2) is 12.3. The third-order valence-electron chi connectivity index (χ3n) is 6.46. The standard InChI is InChI=1S/C18H18IN3O3.C14H12N2O/c1-18(2,3)25-17(23)22-14-6-5-11(9-12(14)16(19)21-22)13-10-20-8-7-15(13)24-4;1-17-14-4-5-15-9-13(14)10-2-3-11-7-16-8-12(11)6-10/h5-10H,1-4H3;2-6,8-9H,7H2,1H3. The normalized spacial score (nSPS) is 12.0. The maximum atomic E-state index is 12.4. The maximum Gasteiger partial charge on any atom is 0.435 e. The van der Waals surface area contributed by atoms with Crippen molar-refractivity contribution >= 4 is 45.8 Å². The van der Waals surface area contributed by atoms with Crippen molar-refractivity contribution in [2.24, 2.45) is 4.99 Å². The molecule has 0 N–H and O–H groups in total. The Morgan fingerprint density at radius 1 is 0.881 bits per heavy atom. The number of benzene rings is 2. The minimum absolute atomic E-state index is 0.493. The van der Waals surface area contributed by atoms with Crippen molar-refractivity contribution in [3.05, 3.63) is 88.1 Å². The molecule has 214 valence electrons. The van der Waals surface area contributed by atoms with Gasteiger partial charge in [-0.15, -0.1) is 0 Å². The minimum Gasteiger partial charge on any atom is -0.496 e. The Balaban J connectivity index is 0.000000180. The Morgan fingerprint density at radius 3 is 2.12 bits per heavy atom. The zero-order chi connectivity index (χ0) is 29.9. The highest BCUT2D eigenvalue weighted by Crippen LogP contribution is 2.33. The van der Waals surface area contributed by atoms with E-state index < -0.39 is 11.7 Å². The van der Waals surface area contributed by atoms with Gasteiger partial charge in [0.25, 0.3) is 0 Å². The molecule has 1 aliphatic heterocycles. The van der Waals surface area contributed by atoms with Gasteiger partial charge < -0.3 is 14.2 Å². The van der Waals surface area contributed by atoms with Crippen LogP contribution in [0.3, 0.4) is 0 Å². The Labute approximate surface area is 257 Å². The second-order valence-corrected chi connectivity index (χ2v) is 11.5. The summed E-state index contributed by atoms with van der Waals surface area (Å²) < 4.78 is 18.2. The van der Waals surface area contributed by atoms with Crippen LogP contribution in [0.5, 0.6) is 11.5 Å². The third-order valence-corrected chi connectivity index (χ3v) is 7.26. The van der Waals surface area contributed by atoms with Gasteiger partial charge in [-0.25, -0.2) is 4.79 Å². The highest BCUT2D eigenvalue weighted by Gasteiger charge is 2.22. The van der Waals surface area contributed by atoms with Crippen molar-refractivity contribution < 1.29 is 19.0 Å². The molecular weight excluding hydrogens is 645 g/mol. The van der Waals surface area contributed by atoms with E-state index in [1.54, 1.807) is 32.8 Å². The summed E-state index contributed by atoms with van der Waals surface area (Å²) in [6, 6.07) is 15.8. The molecule has 3 aromatic heterocycles. The molecule has 4 heterocycles. The Kier molecular flexibility index (Phi) is 8.53. The molecule has 0 saturated carbocycles. The molecule has 0 bridgehead atoms. The van der Waals surface area contributed by atoms with Crippen LogP contribution in [0.15, 0.2) is 78.3 Å². The molecule has 0 atom stereocenters. The van der Waals surface area contributed by atoms with Gasteiger partial charge in [0.2, 0.25) is 0 Å². The quantitative estimate of drug-likeness (QED) is 0.186. The van der Waals surface area contributed by atoms with Gasteiger partial charge in [0.15, 0.2) is 0 Å². The van der Waals surface area contributed by atoms with Gasteiger partial charge in [0.1, 0.15) is 20.8 Å². The first-order valence-electron chi connectivity index (χ1n) is 13.2.